The fraction of sp³-hybridized carbons (Fsp3) is 0.273. The van der Waals surface area contributed by atoms with E-state index >= 15 is 0 Å². The maximum absolute atomic E-state index is 5.27. The second-order valence-electron chi connectivity index (χ2n) is 3.46. The Hall–Kier alpha value is -1.36. The number of rotatable bonds is 3. The lowest BCUT2D eigenvalue weighted by Gasteiger charge is -2.09. The van der Waals surface area contributed by atoms with Crippen molar-refractivity contribution in [1.82, 2.24) is 14.8 Å². The van der Waals surface area contributed by atoms with E-state index in [4.69, 9.17) is 4.74 Å². The average Bonchev–Trinajstić information content (AvgIpc) is 2.67. The monoisotopic (exact) mass is 281 g/mol. The van der Waals surface area contributed by atoms with Crippen LogP contribution in [0.3, 0.4) is 0 Å². The first-order valence-corrected chi connectivity index (χ1v) is 5.67. The molecule has 1 aromatic carbocycles. The third kappa shape index (κ3) is 2.24. The zero-order valence-electron chi connectivity index (χ0n) is 9.14. The Balaban J connectivity index is 2.28. The smallest absolute Gasteiger partial charge is 0.217 e. The molecule has 0 saturated heterocycles. The molecule has 0 aliphatic heterocycles. The molecule has 0 radical (unpaired) electrons. The Morgan fingerprint density at radius 3 is 2.88 bits per heavy atom. The minimum absolute atomic E-state index is 0.605. The van der Waals surface area contributed by atoms with Gasteiger partial charge in [-0.1, -0.05) is 12.1 Å². The Morgan fingerprint density at radius 2 is 2.25 bits per heavy atom. The van der Waals surface area contributed by atoms with Gasteiger partial charge in [-0.05, 0) is 40.0 Å². The number of nitrogens with zero attached hydrogens (tertiary/aromatic N) is 3. The Labute approximate surface area is 102 Å². The van der Waals surface area contributed by atoms with Gasteiger partial charge in [0.25, 0.3) is 0 Å². The fourth-order valence-electron chi connectivity index (χ4n) is 1.57. The van der Waals surface area contributed by atoms with Crippen molar-refractivity contribution >= 4 is 15.9 Å². The van der Waals surface area contributed by atoms with Crippen LogP contribution in [0, 0.1) is 6.92 Å². The van der Waals surface area contributed by atoms with Crippen LogP contribution in [0.4, 0.5) is 0 Å². The van der Waals surface area contributed by atoms with Gasteiger partial charge in [-0.15, -0.1) is 5.10 Å². The highest BCUT2D eigenvalue weighted by Crippen LogP contribution is 2.21. The molecule has 1 aromatic heterocycles. The van der Waals surface area contributed by atoms with Crippen LogP contribution in [0.25, 0.3) is 0 Å². The Kier molecular flexibility index (Phi) is 3.24. The van der Waals surface area contributed by atoms with E-state index in [-0.39, 0.29) is 0 Å². The molecule has 0 unspecified atom stereocenters. The average molecular weight is 282 g/mol. The van der Waals surface area contributed by atoms with Gasteiger partial charge < -0.3 is 4.74 Å². The van der Waals surface area contributed by atoms with Crippen molar-refractivity contribution in [3.8, 4) is 5.75 Å². The third-order valence-electron chi connectivity index (χ3n) is 2.46. The van der Waals surface area contributed by atoms with Crippen molar-refractivity contribution in [1.29, 1.82) is 0 Å². The molecule has 16 heavy (non-hydrogen) atoms. The molecule has 0 fully saturated rings. The van der Waals surface area contributed by atoms with Gasteiger partial charge in [-0.25, -0.2) is 9.67 Å². The summed E-state index contributed by atoms with van der Waals surface area (Å²) in [5.74, 6) is 0.900. The standard InChI is InChI=1S/C11H12BrN3O/c1-8-9(4-3-5-10(8)16-2)6-15-7-13-11(12)14-15/h3-5,7H,6H2,1-2H3. The van der Waals surface area contributed by atoms with Crippen LogP contribution in [-0.2, 0) is 6.54 Å². The maximum Gasteiger partial charge on any atom is 0.217 e. The van der Waals surface area contributed by atoms with Gasteiger partial charge in [0.05, 0.1) is 13.7 Å². The highest BCUT2D eigenvalue weighted by Gasteiger charge is 2.05. The topological polar surface area (TPSA) is 39.9 Å². The zero-order chi connectivity index (χ0) is 11.5. The summed E-state index contributed by atoms with van der Waals surface area (Å²) in [6.45, 7) is 2.74. The summed E-state index contributed by atoms with van der Waals surface area (Å²) in [6, 6.07) is 6.00. The van der Waals surface area contributed by atoms with E-state index in [0.717, 1.165) is 11.3 Å². The van der Waals surface area contributed by atoms with Crippen LogP contribution in [0.5, 0.6) is 5.75 Å². The quantitative estimate of drug-likeness (QED) is 0.868. The van der Waals surface area contributed by atoms with E-state index in [1.807, 2.05) is 19.1 Å². The second-order valence-corrected chi connectivity index (χ2v) is 4.16. The molecule has 2 aromatic rings. The normalized spacial score (nSPS) is 10.4. The van der Waals surface area contributed by atoms with E-state index in [1.54, 1.807) is 18.1 Å². The summed E-state index contributed by atoms with van der Waals surface area (Å²) in [4.78, 5) is 4.02. The molecule has 84 valence electrons. The Morgan fingerprint density at radius 1 is 1.44 bits per heavy atom. The first-order valence-electron chi connectivity index (χ1n) is 4.88. The molecule has 0 aliphatic rings. The predicted octanol–water partition coefficient (Wildman–Crippen LogP) is 2.41. The predicted molar refractivity (Wildman–Crippen MR) is 64.6 cm³/mol. The van der Waals surface area contributed by atoms with E-state index in [1.165, 1.54) is 5.56 Å². The van der Waals surface area contributed by atoms with Crippen molar-refractivity contribution in [2.75, 3.05) is 7.11 Å². The summed E-state index contributed by atoms with van der Waals surface area (Å²) in [6.07, 6.45) is 1.70. The minimum atomic E-state index is 0.605. The molecule has 4 nitrogen and oxygen atoms in total. The molecular formula is C11H12BrN3O. The molecule has 0 spiro atoms. The first kappa shape index (κ1) is 11.1. The van der Waals surface area contributed by atoms with E-state index in [2.05, 4.69) is 32.1 Å². The van der Waals surface area contributed by atoms with Gasteiger partial charge in [0.15, 0.2) is 0 Å². The lowest BCUT2D eigenvalue weighted by molar-refractivity contribution is 0.410. The number of methoxy groups -OCH3 is 1. The lowest BCUT2D eigenvalue weighted by Crippen LogP contribution is -2.03. The molecule has 5 heteroatoms. The SMILES string of the molecule is COc1cccc(Cn2cnc(Br)n2)c1C. The molecule has 0 bridgehead atoms. The van der Waals surface area contributed by atoms with Crippen molar-refractivity contribution in [2.45, 2.75) is 13.5 Å². The molecule has 0 atom stereocenters. The van der Waals surface area contributed by atoms with Gasteiger partial charge in [0, 0.05) is 0 Å². The van der Waals surface area contributed by atoms with Crippen LogP contribution >= 0.6 is 15.9 Å². The van der Waals surface area contributed by atoms with Crippen molar-refractivity contribution < 1.29 is 4.74 Å². The summed E-state index contributed by atoms with van der Waals surface area (Å²) < 4.78 is 7.66. The maximum atomic E-state index is 5.27. The van der Waals surface area contributed by atoms with Gasteiger partial charge in [0.2, 0.25) is 4.73 Å². The molecule has 0 aliphatic carbocycles. The molecule has 0 amide bonds. The number of halogens is 1. The van der Waals surface area contributed by atoms with E-state index in [9.17, 15) is 0 Å². The number of benzene rings is 1. The number of hydrogen-bond donors (Lipinski definition) is 0. The Bertz CT molecular complexity index is 496. The largest absolute Gasteiger partial charge is 0.496 e. The number of ether oxygens (including phenoxy) is 1. The van der Waals surface area contributed by atoms with E-state index < -0.39 is 0 Å². The van der Waals surface area contributed by atoms with Crippen LogP contribution < -0.4 is 4.74 Å². The highest BCUT2D eigenvalue weighted by atomic mass is 79.9. The zero-order valence-corrected chi connectivity index (χ0v) is 10.7. The van der Waals surface area contributed by atoms with Crippen LogP contribution in [0.2, 0.25) is 0 Å². The fourth-order valence-corrected chi connectivity index (χ4v) is 1.87. The van der Waals surface area contributed by atoms with E-state index in [0.29, 0.717) is 11.3 Å². The number of hydrogen-bond acceptors (Lipinski definition) is 3. The molecule has 0 saturated carbocycles. The molecule has 2 rings (SSSR count). The van der Waals surface area contributed by atoms with Gasteiger partial charge >= 0.3 is 0 Å². The van der Waals surface area contributed by atoms with Gasteiger partial charge in [-0.3, -0.25) is 0 Å². The van der Waals surface area contributed by atoms with Gasteiger partial charge in [0.1, 0.15) is 12.1 Å². The third-order valence-corrected chi connectivity index (χ3v) is 2.82. The second kappa shape index (κ2) is 4.65. The molecule has 1 heterocycles. The molecule has 0 N–H and O–H groups in total. The summed E-state index contributed by atoms with van der Waals surface area (Å²) >= 11 is 3.22. The van der Waals surface area contributed by atoms with Crippen molar-refractivity contribution in [2.24, 2.45) is 0 Å². The molecular weight excluding hydrogens is 270 g/mol. The van der Waals surface area contributed by atoms with Crippen LogP contribution in [0.15, 0.2) is 29.3 Å². The summed E-state index contributed by atoms with van der Waals surface area (Å²) in [5, 5.41) is 4.18. The first-order chi connectivity index (χ1) is 7.70. The number of aromatic nitrogens is 3. The van der Waals surface area contributed by atoms with Crippen molar-refractivity contribution in [3.05, 3.63) is 40.4 Å². The summed E-state index contributed by atoms with van der Waals surface area (Å²) in [5.41, 5.74) is 2.31. The summed E-state index contributed by atoms with van der Waals surface area (Å²) in [7, 11) is 1.68. The minimum Gasteiger partial charge on any atom is -0.496 e. The van der Waals surface area contributed by atoms with Crippen molar-refractivity contribution in [3.63, 3.8) is 0 Å². The van der Waals surface area contributed by atoms with Crippen LogP contribution in [-0.4, -0.2) is 21.9 Å². The van der Waals surface area contributed by atoms with Crippen LogP contribution in [0.1, 0.15) is 11.1 Å². The van der Waals surface area contributed by atoms with Gasteiger partial charge in [-0.2, -0.15) is 0 Å². The lowest BCUT2D eigenvalue weighted by atomic mass is 10.1. The highest BCUT2D eigenvalue weighted by molar-refractivity contribution is 9.10.